The number of nitrogens with zero attached hydrogens (tertiary/aromatic N) is 3. The standard InChI is InChI=1S/C16H12ClN3O2/c1-22-15-8-7-12(9-13(15)17)20-16(14(10-21)18-19-20)11-5-3-2-4-6-11/h2-10H,1H3. The second-order valence-corrected chi connectivity index (χ2v) is 4.95. The SMILES string of the molecule is COc1ccc(-n2nnc(C=O)c2-c2ccccc2)cc1Cl. The first-order valence-corrected chi connectivity index (χ1v) is 6.92. The Balaban J connectivity index is 2.18. The van der Waals surface area contributed by atoms with Gasteiger partial charge in [-0.05, 0) is 18.2 Å². The van der Waals surface area contributed by atoms with E-state index >= 15 is 0 Å². The molecule has 1 aromatic heterocycles. The van der Waals surface area contributed by atoms with Gasteiger partial charge in [0.15, 0.2) is 12.0 Å². The van der Waals surface area contributed by atoms with Gasteiger partial charge >= 0.3 is 0 Å². The molecule has 0 N–H and O–H groups in total. The summed E-state index contributed by atoms with van der Waals surface area (Å²) >= 11 is 6.16. The molecule has 5 nitrogen and oxygen atoms in total. The minimum atomic E-state index is 0.276. The van der Waals surface area contributed by atoms with Crippen molar-refractivity contribution in [2.24, 2.45) is 0 Å². The van der Waals surface area contributed by atoms with Gasteiger partial charge in [0, 0.05) is 5.56 Å². The van der Waals surface area contributed by atoms with Crippen LogP contribution in [0.25, 0.3) is 16.9 Å². The molecule has 3 rings (SSSR count). The number of carbonyl (C=O) groups is 1. The number of ether oxygens (including phenoxy) is 1. The smallest absolute Gasteiger partial charge is 0.172 e. The molecule has 0 aliphatic carbocycles. The first kappa shape index (κ1) is 14.3. The first-order valence-electron chi connectivity index (χ1n) is 6.55. The number of aromatic nitrogens is 3. The van der Waals surface area contributed by atoms with Crippen molar-refractivity contribution in [1.29, 1.82) is 0 Å². The molecule has 3 aromatic rings. The predicted octanol–water partition coefficient (Wildman–Crippen LogP) is 3.41. The molecule has 0 aliphatic rings. The van der Waals surface area contributed by atoms with Crippen LogP contribution < -0.4 is 4.74 Å². The molecule has 0 amide bonds. The number of rotatable bonds is 4. The van der Waals surface area contributed by atoms with Gasteiger partial charge in [-0.1, -0.05) is 47.1 Å². The summed E-state index contributed by atoms with van der Waals surface area (Å²) in [5.74, 6) is 0.572. The molecule has 0 spiro atoms. The van der Waals surface area contributed by atoms with Crippen molar-refractivity contribution in [3.63, 3.8) is 0 Å². The van der Waals surface area contributed by atoms with E-state index in [-0.39, 0.29) is 5.69 Å². The molecule has 2 aromatic carbocycles. The highest BCUT2D eigenvalue weighted by molar-refractivity contribution is 6.32. The zero-order valence-corrected chi connectivity index (χ0v) is 12.5. The summed E-state index contributed by atoms with van der Waals surface area (Å²) in [6, 6.07) is 14.7. The fraction of sp³-hybridized carbons (Fsp3) is 0.0625. The zero-order valence-electron chi connectivity index (χ0n) is 11.7. The van der Waals surface area contributed by atoms with Gasteiger partial charge in [-0.3, -0.25) is 4.79 Å². The second-order valence-electron chi connectivity index (χ2n) is 4.54. The van der Waals surface area contributed by atoms with E-state index in [0.29, 0.717) is 28.4 Å². The number of hydrogen-bond acceptors (Lipinski definition) is 4. The van der Waals surface area contributed by atoms with E-state index in [1.807, 2.05) is 30.3 Å². The molecule has 110 valence electrons. The van der Waals surface area contributed by atoms with Crippen molar-refractivity contribution >= 4 is 17.9 Å². The number of carbonyl (C=O) groups excluding carboxylic acids is 1. The highest BCUT2D eigenvalue weighted by Gasteiger charge is 2.16. The van der Waals surface area contributed by atoms with Crippen LogP contribution in [0.5, 0.6) is 5.75 Å². The number of methoxy groups -OCH3 is 1. The Morgan fingerprint density at radius 2 is 1.95 bits per heavy atom. The normalized spacial score (nSPS) is 10.5. The highest BCUT2D eigenvalue weighted by Crippen LogP contribution is 2.29. The molecule has 0 saturated carbocycles. The molecule has 22 heavy (non-hydrogen) atoms. The van der Waals surface area contributed by atoms with Crippen LogP contribution in [0.15, 0.2) is 48.5 Å². The number of benzene rings is 2. The number of hydrogen-bond donors (Lipinski definition) is 0. The van der Waals surface area contributed by atoms with Crippen molar-refractivity contribution in [3.05, 3.63) is 59.2 Å². The maximum Gasteiger partial charge on any atom is 0.172 e. The van der Waals surface area contributed by atoms with E-state index in [9.17, 15) is 4.79 Å². The Labute approximate surface area is 132 Å². The van der Waals surface area contributed by atoms with Gasteiger partial charge in [0.2, 0.25) is 0 Å². The third kappa shape index (κ3) is 2.46. The van der Waals surface area contributed by atoms with Crippen molar-refractivity contribution in [3.8, 4) is 22.7 Å². The Kier molecular flexibility index (Phi) is 3.89. The largest absolute Gasteiger partial charge is 0.495 e. The molecule has 0 unspecified atom stereocenters. The van der Waals surface area contributed by atoms with E-state index < -0.39 is 0 Å². The van der Waals surface area contributed by atoms with Gasteiger partial charge in [0.25, 0.3) is 0 Å². The van der Waals surface area contributed by atoms with Crippen LogP contribution in [0, 0.1) is 0 Å². The van der Waals surface area contributed by atoms with Gasteiger partial charge < -0.3 is 4.74 Å². The molecular formula is C16H12ClN3O2. The van der Waals surface area contributed by atoms with Crippen LogP contribution in [0.2, 0.25) is 5.02 Å². The van der Waals surface area contributed by atoms with Gasteiger partial charge in [-0.25, -0.2) is 4.68 Å². The number of aldehydes is 1. The van der Waals surface area contributed by atoms with Crippen LogP contribution >= 0.6 is 11.6 Å². The molecular weight excluding hydrogens is 302 g/mol. The lowest BCUT2D eigenvalue weighted by Crippen LogP contribution is -2.00. The van der Waals surface area contributed by atoms with Crippen molar-refractivity contribution < 1.29 is 9.53 Å². The number of halogens is 1. The molecule has 1 heterocycles. The lowest BCUT2D eigenvalue weighted by molar-refractivity contribution is 0.111. The van der Waals surface area contributed by atoms with E-state index in [0.717, 1.165) is 5.56 Å². The summed E-state index contributed by atoms with van der Waals surface area (Å²) in [6.45, 7) is 0. The second kappa shape index (κ2) is 5.99. The quantitative estimate of drug-likeness (QED) is 0.693. The molecule has 0 aliphatic heterocycles. The summed E-state index contributed by atoms with van der Waals surface area (Å²) in [6.07, 6.45) is 0.691. The Hall–Kier alpha value is -2.66. The van der Waals surface area contributed by atoms with Crippen molar-refractivity contribution in [2.75, 3.05) is 7.11 Å². The molecule has 0 fully saturated rings. The zero-order chi connectivity index (χ0) is 15.5. The molecule has 6 heteroatoms. The molecule has 0 radical (unpaired) electrons. The average molecular weight is 314 g/mol. The third-order valence-electron chi connectivity index (χ3n) is 3.24. The summed E-state index contributed by atoms with van der Waals surface area (Å²) < 4.78 is 6.73. The maximum atomic E-state index is 11.3. The summed E-state index contributed by atoms with van der Waals surface area (Å²) in [5.41, 5.74) is 2.45. The first-order chi connectivity index (χ1) is 10.7. The fourth-order valence-corrected chi connectivity index (χ4v) is 2.46. The lowest BCUT2D eigenvalue weighted by atomic mass is 10.1. The highest BCUT2D eigenvalue weighted by atomic mass is 35.5. The van der Waals surface area contributed by atoms with E-state index in [1.54, 1.807) is 30.0 Å². The summed E-state index contributed by atoms with van der Waals surface area (Å²) in [4.78, 5) is 11.3. The van der Waals surface area contributed by atoms with Crippen LogP contribution in [0.4, 0.5) is 0 Å². The van der Waals surface area contributed by atoms with Crippen molar-refractivity contribution in [1.82, 2.24) is 15.0 Å². The fourth-order valence-electron chi connectivity index (χ4n) is 2.21. The van der Waals surface area contributed by atoms with Crippen molar-refractivity contribution in [2.45, 2.75) is 0 Å². The van der Waals surface area contributed by atoms with Crippen LogP contribution in [-0.2, 0) is 0 Å². The van der Waals surface area contributed by atoms with E-state index in [4.69, 9.17) is 16.3 Å². The van der Waals surface area contributed by atoms with Gasteiger partial charge in [-0.15, -0.1) is 5.10 Å². The average Bonchev–Trinajstić information content (AvgIpc) is 2.99. The summed E-state index contributed by atoms with van der Waals surface area (Å²) in [5, 5.41) is 8.46. The van der Waals surface area contributed by atoms with Crippen LogP contribution in [0.3, 0.4) is 0 Å². The van der Waals surface area contributed by atoms with Gasteiger partial charge in [-0.2, -0.15) is 0 Å². The monoisotopic (exact) mass is 313 g/mol. The van der Waals surface area contributed by atoms with E-state index in [2.05, 4.69) is 10.3 Å². The van der Waals surface area contributed by atoms with Crippen LogP contribution in [-0.4, -0.2) is 28.4 Å². The molecule has 0 saturated heterocycles. The molecule has 0 atom stereocenters. The Morgan fingerprint density at radius 3 is 2.59 bits per heavy atom. The lowest BCUT2D eigenvalue weighted by Gasteiger charge is -2.09. The minimum absolute atomic E-state index is 0.276. The summed E-state index contributed by atoms with van der Waals surface area (Å²) in [7, 11) is 1.55. The molecule has 0 bridgehead atoms. The maximum absolute atomic E-state index is 11.3. The van der Waals surface area contributed by atoms with Crippen LogP contribution in [0.1, 0.15) is 10.5 Å². The Bertz CT molecular complexity index is 816. The third-order valence-corrected chi connectivity index (χ3v) is 3.53. The van der Waals surface area contributed by atoms with E-state index in [1.165, 1.54) is 0 Å². The van der Waals surface area contributed by atoms with Gasteiger partial charge in [0.1, 0.15) is 11.4 Å². The predicted molar refractivity (Wildman–Crippen MR) is 83.7 cm³/mol. The minimum Gasteiger partial charge on any atom is -0.495 e. The Morgan fingerprint density at radius 1 is 1.18 bits per heavy atom. The van der Waals surface area contributed by atoms with Gasteiger partial charge in [0.05, 0.1) is 17.8 Å². The topological polar surface area (TPSA) is 57.0 Å².